The maximum atomic E-state index is 12.6. The maximum Gasteiger partial charge on any atom is 0.508 e. The number of rotatable bonds is 3. The normalized spacial score (nSPS) is 22.2. The van der Waals surface area contributed by atoms with Gasteiger partial charge in [-0.3, -0.25) is 0 Å². The number of halogens is 3. The first kappa shape index (κ1) is 16.6. The number of carbonyl (C=O) groups is 1. The van der Waals surface area contributed by atoms with Gasteiger partial charge in [0, 0.05) is 13.1 Å². The molecule has 7 heteroatoms. The lowest BCUT2D eigenvalue weighted by Crippen LogP contribution is -2.40. The van der Waals surface area contributed by atoms with Gasteiger partial charge in [0.15, 0.2) is 0 Å². The topological polar surface area (TPSA) is 47.6 Å². The molecule has 0 amide bonds. The molecule has 0 aromatic heterocycles. The first-order valence-electron chi connectivity index (χ1n) is 7.11. The largest absolute Gasteiger partial charge is 0.508 e. The van der Waals surface area contributed by atoms with Crippen LogP contribution in [0.15, 0.2) is 24.3 Å². The lowest BCUT2D eigenvalue weighted by molar-refractivity contribution is -0.137. The van der Waals surface area contributed by atoms with Crippen molar-refractivity contribution >= 4 is 6.16 Å². The average Bonchev–Trinajstić information content (AvgIpc) is 2.47. The number of hydrogen-bond donors (Lipinski definition) is 1. The van der Waals surface area contributed by atoms with E-state index in [4.69, 9.17) is 9.47 Å². The standard InChI is InChI=1S/C15H18F3NO3/c1-2-21-14(20)22-13-7-11(8-19-9-13)10-3-5-12(6-4-10)15(16,17)18/h3-6,11,13,19H,2,7-9H2,1H3. The molecule has 2 unspecified atom stereocenters. The lowest BCUT2D eigenvalue weighted by Gasteiger charge is -2.29. The van der Waals surface area contributed by atoms with Crippen LogP contribution in [0, 0.1) is 0 Å². The van der Waals surface area contributed by atoms with E-state index in [1.807, 2.05) is 0 Å². The number of hydrogen-bond acceptors (Lipinski definition) is 4. The molecule has 1 aliphatic rings. The van der Waals surface area contributed by atoms with Crippen molar-refractivity contribution in [3.05, 3.63) is 35.4 Å². The van der Waals surface area contributed by atoms with Gasteiger partial charge in [-0.1, -0.05) is 12.1 Å². The van der Waals surface area contributed by atoms with E-state index in [1.165, 1.54) is 12.1 Å². The summed E-state index contributed by atoms with van der Waals surface area (Å²) in [5, 5.41) is 3.12. The van der Waals surface area contributed by atoms with Gasteiger partial charge >= 0.3 is 12.3 Å². The predicted molar refractivity (Wildman–Crippen MR) is 73.6 cm³/mol. The van der Waals surface area contributed by atoms with Crippen LogP contribution in [0.4, 0.5) is 18.0 Å². The second-order valence-electron chi connectivity index (χ2n) is 5.13. The number of alkyl halides is 3. The zero-order valence-corrected chi connectivity index (χ0v) is 12.2. The molecular formula is C15H18F3NO3. The highest BCUT2D eigenvalue weighted by atomic mass is 19.4. The van der Waals surface area contributed by atoms with Crippen molar-refractivity contribution in [3.8, 4) is 0 Å². The van der Waals surface area contributed by atoms with Crippen molar-refractivity contribution in [3.63, 3.8) is 0 Å². The number of ether oxygens (including phenoxy) is 2. The summed E-state index contributed by atoms with van der Waals surface area (Å²) in [6.07, 6.45) is -4.85. The Bertz CT molecular complexity index is 502. The Balaban J connectivity index is 1.98. The van der Waals surface area contributed by atoms with Crippen LogP contribution in [0.2, 0.25) is 0 Å². The van der Waals surface area contributed by atoms with Crippen molar-refractivity contribution < 1.29 is 27.4 Å². The molecule has 0 bridgehead atoms. The number of piperidine rings is 1. The third-order valence-corrected chi connectivity index (χ3v) is 3.54. The molecule has 1 aliphatic heterocycles. The molecule has 2 rings (SSSR count). The van der Waals surface area contributed by atoms with Gasteiger partial charge in [0.2, 0.25) is 0 Å². The van der Waals surface area contributed by atoms with Gasteiger partial charge in [0.05, 0.1) is 12.2 Å². The zero-order valence-electron chi connectivity index (χ0n) is 12.2. The molecule has 22 heavy (non-hydrogen) atoms. The Labute approximate surface area is 126 Å². The predicted octanol–water partition coefficient (Wildman–Crippen LogP) is 3.32. The summed E-state index contributed by atoms with van der Waals surface area (Å²) in [4.78, 5) is 11.3. The summed E-state index contributed by atoms with van der Waals surface area (Å²) in [7, 11) is 0. The van der Waals surface area contributed by atoms with Crippen LogP contribution in [0.1, 0.15) is 30.4 Å². The minimum Gasteiger partial charge on any atom is -0.435 e. The van der Waals surface area contributed by atoms with Gasteiger partial charge in [-0.25, -0.2) is 4.79 Å². The first-order valence-corrected chi connectivity index (χ1v) is 7.11. The average molecular weight is 317 g/mol. The SMILES string of the molecule is CCOC(=O)OC1CNCC(c2ccc(C(F)(F)F)cc2)C1. The van der Waals surface area contributed by atoms with Crippen LogP contribution in [0.3, 0.4) is 0 Å². The molecule has 1 fully saturated rings. The Morgan fingerprint density at radius 1 is 1.27 bits per heavy atom. The molecule has 0 aliphatic carbocycles. The minimum absolute atomic E-state index is 0.00420. The van der Waals surface area contributed by atoms with Crippen LogP contribution < -0.4 is 5.32 Å². The second kappa shape index (κ2) is 7.00. The summed E-state index contributed by atoms with van der Waals surface area (Å²) in [5.41, 5.74) is 0.122. The third-order valence-electron chi connectivity index (χ3n) is 3.54. The third kappa shape index (κ3) is 4.37. The van der Waals surface area contributed by atoms with Gasteiger partial charge in [0.1, 0.15) is 6.10 Å². The van der Waals surface area contributed by atoms with E-state index in [2.05, 4.69) is 5.32 Å². The fourth-order valence-corrected chi connectivity index (χ4v) is 2.48. The van der Waals surface area contributed by atoms with E-state index in [1.54, 1.807) is 6.92 Å². The van der Waals surface area contributed by atoms with Crippen molar-refractivity contribution in [2.75, 3.05) is 19.7 Å². The van der Waals surface area contributed by atoms with Gasteiger partial charge in [-0.15, -0.1) is 0 Å². The molecule has 0 saturated carbocycles. The molecule has 0 radical (unpaired) electrons. The number of benzene rings is 1. The van der Waals surface area contributed by atoms with E-state index >= 15 is 0 Å². The first-order chi connectivity index (χ1) is 10.4. The molecule has 1 aromatic carbocycles. The van der Waals surface area contributed by atoms with E-state index in [9.17, 15) is 18.0 Å². The summed E-state index contributed by atoms with van der Waals surface area (Å²) in [6, 6.07) is 5.10. The maximum absolute atomic E-state index is 12.6. The van der Waals surface area contributed by atoms with Gasteiger partial charge in [-0.05, 0) is 37.0 Å². The highest BCUT2D eigenvalue weighted by molar-refractivity contribution is 5.60. The second-order valence-corrected chi connectivity index (χ2v) is 5.13. The van der Waals surface area contributed by atoms with Crippen LogP contribution in [0.5, 0.6) is 0 Å². The van der Waals surface area contributed by atoms with Crippen molar-refractivity contribution in [1.82, 2.24) is 5.32 Å². The Hall–Kier alpha value is -1.76. The van der Waals surface area contributed by atoms with E-state index in [0.29, 0.717) is 19.5 Å². The van der Waals surface area contributed by atoms with Gasteiger partial charge < -0.3 is 14.8 Å². The van der Waals surface area contributed by atoms with E-state index < -0.39 is 17.9 Å². The van der Waals surface area contributed by atoms with E-state index in [-0.39, 0.29) is 18.6 Å². The molecule has 1 saturated heterocycles. The summed E-state index contributed by atoms with van der Waals surface area (Å²) in [5.74, 6) is -0.00420. The number of nitrogens with one attached hydrogen (secondary N) is 1. The van der Waals surface area contributed by atoms with Crippen molar-refractivity contribution in [2.45, 2.75) is 31.5 Å². The molecule has 1 heterocycles. The van der Waals surface area contributed by atoms with Crippen molar-refractivity contribution in [2.24, 2.45) is 0 Å². The molecule has 1 aromatic rings. The summed E-state index contributed by atoms with van der Waals surface area (Å²) in [6.45, 7) is 3.07. The zero-order chi connectivity index (χ0) is 16.2. The highest BCUT2D eigenvalue weighted by Crippen LogP contribution is 2.31. The smallest absolute Gasteiger partial charge is 0.435 e. The molecule has 4 nitrogen and oxygen atoms in total. The molecule has 0 spiro atoms. The Kier molecular flexibility index (Phi) is 5.28. The van der Waals surface area contributed by atoms with Crippen LogP contribution >= 0.6 is 0 Å². The molecular weight excluding hydrogens is 299 g/mol. The molecule has 1 N–H and O–H groups in total. The fourth-order valence-electron chi connectivity index (χ4n) is 2.48. The fraction of sp³-hybridized carbons (Fsp3) is 0.533. The van der Waals surface area contributed by atoms with Gasteiger partial charge in [0.25, 0.3) is 0 Å². The molecule has 122 valence electrons. The Morgan fingerprint density at radius 3 is 2.55 bits per heavy atom. The Morgan fingerprint density at radius 2 is 1.95 bits per heavy atom. The molecule has 2 atom stereocenters. The van der Waals surface area contributed by atoms with Crippen LogP contribution in [0.25, 0.3) is 0 Å². The number of carbonyl (C=O) groups excluding carboxylic acids is 1. The van der Waals surface area contributed by atoms with Gasteiger partial charge in [-0.2, -0.15) is 13.2 Å². The van der Waals surface area contributed by atoms with Crippen LogP contribution in [-0.2, 0) is 15.7 Å². The quantitative estimate of drug-likeness (QED) is 0.869. The van der Waals surface area contributed by atoms with Crippen LogP contribution in [-0.4, -0.2) is 32.0 Å². The summed E-state index contributed by atoms with van der Waals surface area (Å²) >= 11 is 0. The minimum atomic E-state index is -4.33. The highest BCUT2D eigenvalue weighted by Gasteiger charge is 2.31. The van der Waals surface area contributed by atoms with E-state index in [0.717, 1.165) is 17.7 Å². The van der Waals surface area contributed by atoms with Crippen molar-refractivity contribution in [1.29, 1.82) is 0 Å². The monoisotopic (exact) mass is 317 g/mol. The lowest BCUT2D eigenvalue weighted by atomic mass is 9.90. The summed E-state index contributed by atoms with van der Waals surface area (Å²) < 4.78 is 47.6.